The Labute approximate surface area is 179 Å². The van der Waals surface area contributed by atoms with Gasteiger partial charge < -0.3 is 0 Å². The van der Waals surface area contributed by atoms with E-state index in [0.29, 0.717) is 5.66 Å². The first-order valence-corrected chi connectivity index (χ1v) is 13.2. The van der Waals surface area contributed by atoms with Crippen molar-refractivity contribution >= 4 is 35.9 Å². The summed E-state index contributed by atoms with van der Waals surface area (Å²) in [6.45, 7) is 8.51. The Balaban J connectivity index is 0.000000529. The Morgan fingerprint density at radius 2 is 0.931 bits per heavy atom. The van der Waals surface area contributed by atoms with E-state index in [1.165, 1.54) is 21.2 Å². The average molecular weight is 426 g/mol. The SMILES string of the molecule is C.CC(C)=P(c1ccccc1)(c1ccccc1)c1ccccc1.CC(C)[P+](C)=O. The molecule has 0 aliphatic rings. The molecule has 1 nitrogen and oxygen atoms in total. The lowest BCUT2D eigenvalue weighted by Crippen LogP contribution is -2.28. The van der Waals surface area contributed by atoms with Gasteiger partial charge in [0, 0.05) is 0 Å². The molecule has 0 bridgehead atoms. The van der Waals surface area contributed by atoms with Crippen LogP contribution in [0.3, 0.4) is 0 Å². The third-order valence-electron chi connectivity index (χ3n) is 4.83. The van der Waals surface area contributed by atoms with Gasteiger partial charge in [0.05, 0.1) is 0 Å². The van der Waals surface area contributed by atoms with Crippen LogP contribution in [0.25, 0.3) is 0 Å². The Kier molecular flexibility index (Phi) is 10.3. The van der Waals surface area contributed by atoms with E-state index in [1.807, 2.05) is 13.8 Å². The Morgan fingerprint density at radius 1 is 0.690 bits per heavy atom. The van der Waals surface area contributed by atoms with E-state index in [9.17, 15) is 4.57 Å². The van der Waals surface area contributed by atoms with Crippen LogP contribution in [0.15, 0.2) is 91.0 Å². The van der Waals surface area contributed by atoms with Gasteiger partial charge >= 0.3 is 7.80 Å². The summed E-state index contributed by atoms with van der Waals surface area (Å²) in [6.07, 6.45) is 0. The van der Waals surface area contributed by atoms with Gasteiger partial charge in [0.2, 0.25) is 0 Å². The highest BCUT2D eigenvalue weighted by Gasteiger charge is 2.25. The van der Waals surface area contributed by atoms with Crippen molar-refractivity contribution in [3.8, 4) is 0 Å². The molecule has 0 N–H and O–H groups in total. The van der Waals surface area contributed by atoms with Crippen LogP contribution in [0.2, 0.25) is 0 Å². The van der Waals surface area contributed by atoms with Crippen molar-refractivity contribution in [3.63, 3.8) is 0 Å². The molecular weight excluding hydrogens is 390 g/mol. The molecule has 0 saturated carbocycles. The minimum absolute atomic E-state index is 0. The molecule has 0 aliphatic heterocycles. The maximum atomic E-state index is 10.3. The molecule has 1 unspecified atom stereocenters. The zero-order valence-corrected chi connectivity index (χ0v) is 19.3. The first kappa shape index (κ1) is 25.1. The van der Waals surface area contributed by atoms with Crippen LogP contribution in [-0.2, 0) is 4.57 Å². The fourth-order valence-corrected chi connectivity index (χ4v) is 7.48. The number of hydrogen-bond acceptors (Lipinski definition) is 1. The number of hydrogen-bond donors (Lipinski definition) is 0. The maximum Gasteiger partial charge on any atom is 0.338 e. The molecule has 0 radical (unpaired) electrons. The number of benzene rings is 3. The Hall–Kier alpha value is -1.94. The van der Waals surface area contributed by atoms with Crippen LogP contribution >= 0.6 is 14.7 Å². The minimum atomic E-state index is -1.71. The molecule has 154 valence electrons. The Bertz CT molecular complexity index is 823. The van der Waals surface area contributed by atoms with Crippen molar-refractivity contribution in [1.29, 1.82) is 0 Å². The average Bonchev–Trinajstić information content (AvgIpc) is 2.71. The van der Waals surface area contributed by atoms with Gasteiger partial charge in [-0.25, -0.2) is 0 Å². The summed E-state index contributed by atoms with van der Waals surface area (Å²) in [5, 5.41) is 5.75. The second kappa shape index (κ2) is 11.9. The van der Waals surface area contributed by atoms with Crippen LogP contribution < -0.4 is 15.9 Å². The lowest BCUT2D eigenvalue weighted by Gasteiger charge is -2.30. The molecule has 3 aromatic rings. The summed E-state index contributed by atoms with van der Waals surface area (Å²) < 4.78 is 10.3. The van der Waals surface area contributed by atoms with Crippen molar-refractivity contribution < 1.29 is 4.57 Å². The second-order valence-corrected chi connectivity index (χ2v) is 13.2. The quantitative estimate of drug-likeness (QED) is 0.426. The van der Waals surface area contributed by atoms with Gasteiger partial charge in [0.25, 0.3) is 0 Å². The van der Waals surface area contributed by atoms with Crippen molar-refractivity contribution in [1.82, 2.24) is 0 Å². The third-order valence-corrected chi connectivity index (χ3v) is 10.8. The van der Waals surface area contributed by atoms with Crippen molar-refractivity contribution in [2.75, 3.05) is 6.66 Å². The predicted octanol–water partition coefficient (Wildman–Crippen LogP) is 6.68. The zero-order chi connectivity index (χ0) is 20.6. The van der Waals surface area contributed by atoms with E-state index in [1.54, 1.807) is 6.66 Å². The van der Waals surface area contributed by atoms with Crippen LogP contribution in [0, 0.1) is 0 Å². The molecule has 0 spiro atoms. The molecular formula is C26H35OP2+. The summed E-state index contributed by atoms with van der Waals surface area (Å²) >= 11 is 0. The van der Waals surface area contributed by atoms with Crippen molar-refractivity contribution in [2.45, 2.75) is 40.8 Å². The fraction of sp³-hybridized carbons (Fsp3) is 0.269. The van der Waals surface area contributed by atoms with E-state index in [2.05, 4.69) is 105 Å². The lowest BCUT2D eigenvalue weighted by atomic mass is 10.4. The molecule has 3 rings (SSSR count). The van der Waals surface area contributed by atoms with E-state index < -0.39 is 14.7 Å². The minimum Gasteiger partial charge on any atom is -0.0776 e. The highest BCUT2D eigenvalue weighted by molar-refractivity contribution is 7.95. The van der Waals surface area contributed by atoms with E-state index in [4.69, 9.17) is 0 Å². The van der Waals surface area contributed by atoms with E-state index in [0.717, 1.165) is 0 Å². The van der Waals surface area contributed by atoms with Crippen molar-refractivity contribution in [2.24, 2.45) is 0 Å². The fourth-order valence-electron chi connectivity index (χ4n) is 3.18. The molecule has 0 aromatic heterocycles. The van der Waals surface area contributed by atoms with Gasteiger partial charge in [0.1, 0.15) is 12.3 Å². The standard InChI is InChI=1S/C21H21P.C4H10OP.CH4/c1-18(2)22(19-12-6-3-7-13-19,20-14-8-4-9-15-20)21-16-10-5-11-17-21;1-4(2)6(3)5;/h3-17H,1-2H3;4H,1-3H3;1H4/q;+1;. The van der Waals surface area contributed by atoms with Gasteiger partial charge in [-0.15, -0.1) is 0 Å². The molecule has 0 fully saturated rings. The first-order valence-electron chi connectivity index (χ1n) is 9.67. The topological polar surface area (TPSA) is 17.1 Å². The summed E-state index contributed by atoms with van der Waals surface area (Å²) in [4.78, 5) is 0. The monoisotopic (exact) mass is 425 g/mol. The Morgan fingerprint density at radius 3 is 1.10 bits per heavy atom. The predicted molar refractivity (Wildman–Crippen MR) is 137 cm³/mol. The molecule has 0 heterocycles. The molecule has 0 saturated heterocycles. The molecule has 3 aromatic carbocycles. The molecule has 29 heavy (non-hydrogen) atoms. The normalized spacial score (nSPS) is 11.0. The largest absolute Gasteiger partial charge is 0.338 e. The number of rotatable bonds is 4. The van der Waals surface area contributed by atoms with Gasteiger partial charge in [-0.2, -0.15) is 0 Å². The summed E-state index contributed by atoms with van der Waals surface area (Å²) in [6, 6.07) is 32.9. The molecule has 0 amide bonds. The first-order chi connectivity index (χ1) is 13.4. The highest BCUT2D eigenvalue weighted by atomic mass is 31.2. The van der Waals surface area contributed by atoms with E-state index in [-0.39, 0.29) is 7.43 Å². The molecule has 3 heteroatoms. The smallest absolute Gasteiger partial charge is 0.0776 e. The summed E-state index contributed by atoms with van der Waals surface area (Å²) in [5.74, 6) is 0. The van der Waals surface area contributed by atoms with Gasteiger partial charge in [0.15, 0.2) is 0 Å². The maximum absolute atomic E-state index is 10.3. The van der Waals surface area contributed by atoms with Gasteiger partial charge in [-0.3, -0.25) is 0 Å². The van der Waals surface area contributed by atoms with E-state index >= 15 is 0 Å². The third kappa shape index (κ3) is 6.02. The van der Waals surface area contributed by atoms with Crippen molar-refractivity contribution in [3.05, 3.63) is 91.0 Å². The molecule has 0 aliphatic carbocycles. The van der Waals surface area contributed by atoms with Gasteiger partial charge in [-0.05, 0) is 50.5 Å². The van der Waals surface area contributed by atoms with Crippen LogP contribution in [0.4, 0.5) is 0 Å². The second-order valence-electron chi connectivity index (χ2n) is 7.26. The van der Waals surface area contributed by atoms with Crippen LogP contribution in [0.5, 0.6) is 0 Å². The molecule has 1 atom stereocenters. The van der Waals surface area contributed by atoms with Crippen LogP contribution in [-0.4, -0.2) is 17.6 Å². The summed E-state index contributed by atoms with van der Waals surface area (Å²) in [5.41, 5.74) is 0.361. The zero-order valence-electron chi connectivity index (χ0n) is 17.5. The highest BCUT2D eigenvalue weighted by Crippen LogP contribution is 2.45. The lowest BCUT2D eigenvalue weighted by molar-refractivity contribution is 0.586. The summed E-state index contributed by atoms with van der Waals surface area (Å²) in [7, 11) is -0.909. The van der Waals surface area contributed by atoms with Gasteiger partial charge in [-0.1, -0.05) is 108 Å². The van der Waals surface area contributed by atoms with Crippen LogP contribution in [0.1, 0.15) is 35.1 Å².